The number of rotatable bonds is 7. The second kappa shape index (κ2) is 5.50. The smallest absolute Gasteiger partial charge is 0.0733 e. The van der Waals surface area contributed by atoms with Gasteiger partial charge in [0.15, 0.2) is 0 Å². The topological polar surface area (TPSA) is 60.7 Å². The molecule has 4 bridgehead atoms. The van der Waals surface area contributed by atoms with E-state index in [0.29, 0.717) is 31.1 Å². The van der Waals surface area contributed by atoms with E-state index in [4.69, 9.17) is 0 Å². The molecular formula is C18H32O3. The van der Waals surface area contributed by atoms with E-state index < -0.39 is 16.8 Å². The van der Waals surface area contributed by atoms with Gasteiger partial charge in [-0.1, -0.05) is 45.4 Å². The predicted octanol–water partition coefficient (Wildman–Crippen LogP) is 3.15. The third-order valence-corrected chi connectivity index (χ3v) is 6.34. The first-order valence-corrected chi connectivity index (χ1v) is 9.05. The van der Waals surface area contributed by atoms with Crippen molar-refractivity contribution in [2.24, 2.45) is 11.8 Å². The van der Waals surface area contributed by atoms with Crippen LogP contribution in [0.3, 0.4) is 0 Å². The van der Waals surface area contributed by atoms with Crippen molar-refractivity contribution in [1.82, 2.24) is 0 Å². The Hall–Kier alpha value is -0.120. The molecule has 0 aliphatic heterocycles. The summed E-state index contributed by atoms with van der Waals surface area (Å²) in [5, 5.41) is 32.2. The highest BCUT2D eigenvalue weighted by atomic mass is 16.3. The van der Waals surface area contributed by atoms with Crippen molar-refractivity contribution in [1.29, 1.82) is 0 Å². The van der Waals surface area contributed by atoms with Crippen LogP contribution in [0.25, 0.3) is 0 Å². The second-order valence-corrected chi connectivity index (χ2v) is 8.41. The van der Waals surface area contributed by atoms with Crippen molar-refractivity contribution in [3.8, 4) is 0 Å². The van der Waals surface area contributed by atoms with Crippen LogP contribution in [0.1, 0.15) is 84.0 Å². The molecule has 3 unspecified atom stereocenters. The Balaban J connectivity index is 1.55. The highest BCUT2D eigenvalue weighted by molar-refractivity contribution is 5.18. The average molecular weight is 296 g/mol. The quantitative estimate of drug-likeness (QED) is 0.632. The molecular weight excluding hydrogens is 264 g/mol. The molecule has 4 aliphatic carbocycles. The molecule has 0 aromatic rings. The summed E-state index contributed by atoms with van der Waals surface area (Å²) < 4.78 is 0. The summed E-state index contributed by atoms with van der Waals surface area (Å²) in [4.78, 5) is 0. The van der Waals surface area contributed by atoms with Gasteiger partial charge < -0.3 is 15.3 Å². The van der Waals surface area contributed by atoms with Gasteiger partial charge >= 0.3 is 0 Å². The van der Waals surface area contributed by atoms with Crippen LogP contribution in [0.2, 0.25) is 0 Å². The van der Waals surface area contributed by atoms with Crippen LogP contribution in [0.15, 0.2) is 0 Å². The van der Waals surface area contributed by atoms with Crippen molar-refractivity contribution in [2.45, 2.75) is 101 Å². The van der Waals surface area contributed by atoms with E-state index in [-0.39, 0.29) is 0 Å². The minimum Gasteiger partial charge on any atom is -0.390 e. The molecule has 0 aromatic carbocycles. The first kappa shape index (κ1) is 15.8. The standard InChI is InChI=1S/C18H32O3/c1-2-3-4-5-6-7-8-15-14-9-16(19)11-17(20,10-14)13-18(15,21)12-16/h14-15,19-21H,2-13H2,1H3. The third-order valence-electron chi connectivity index (χ3n) is 6.34. The lowest BCUT2D eigenvalue weighted by molar-refractivity contribution is -0.280. The highest BCUT2D eigenvalue weighted by Gasteiger charge is 2.66. The van der Waals surface area contributed by atoms with E-state index in [1.165, 1.54) is 38.5 Å². The zero-order valence-electron chi connectivity index (χ0n) is 13.5. The Morgan fingerprint density at radius 3 is 1.95 bits per heavy atom. The normalized spacial score (nSPS) is 48.0. The van der Waals surface area contributed by atoms with Crippen LogP contribution in [-0.4, -0.2) is 32.1 Å². The van der Waals surface area contributed by atoms with E-state index in [1.807, 2.05) is 0 Å². The van der Waals surface area contributed by atoms with Crippen molar-refractivity contribution in [2.75, 3.05) is 0 Å². The van der Waals surface area contributed by atoms with Gasteiger partial charge in [0.25, 0.3) is 0 Å². The predicted molar refractivity (Wildman–Crippen MR) is 82.9 cm³/mol. The fraction of sp³-hybridized carbons (Fsp3) is 1.00. The van der Waals surface area contributed by atoms with Crippen molar-refractivity contribution in [3.05, 3.63) is 0 Å². The van der Waals surface area contributed by atoms with Gasteiger partial charge in [-0.15, -0.1) is 0 Å². The maximum atomic E-state index is 11.0. The second-order valence-electron chi connectivity index (χ2n) is 8.41. The molecule has 0 spiro atoms. The van der Waals surface area contributed by atoms with Crippen molar-refractivity contribution in [3.63, 3.8) is 0 Å². The molecule has 4 saturated carbocycles. The molecule has 4 fully saturated rings. The van der Waals surface area contributed by atoms with E-state index in [0.717, 1.165) is 19.3 Å². The zero-order chi connectivity index (χ0) is 15.1. The number of hydrogen-bond donors (Lipinski definition) is 3. The van der Waals surface area contributed by atoms with Crippen molar-refractivity contribution < 1.29 is 15.3 Å². The molecule has 21 heavy (non-hydrogen) atoms. The molecule has 122 valence electrons. The Labute approximate surface area is 128 Å². The molecule has 0 amide bonds. The van der Waals surface area contributed by atoms with Crippen LogP contribution in [0.5, 0.6) is 0 Å². The monoisotopic (exact) mass is 296 g/mol. The van der Waals surface area contributed by atoms with Crippen LogP contribution in [-0.2, 0) is 0 Å². The Morgan fingerprint density at radius 2 is 1.38 bits per heavy atom. The van der Waals surface area contributed by atoms with Gasteiger partial charge in [-0.05, 0) is 31.1 Å². The summed E-state index contributed by atoms with van der Waals surface area (Å²) in [6.45, 7) is 2.24. The van der Waals surface area contributed by atoms with Crippen LogP contribution < -0.4 is 0 Å². The summed E-state index contributed by atoms with van der Waals surface area (Å²) in [6.07, 6.45) is 11.8. The maximum Gasteiger partial charge on any atom is 0.0733 e. The largest absolute Gasteiger partial charge is 0.390 e. The van der Waals surface area contributed by atoms with Crippen molar-refractivity contribution >= 4 is 0 Å². The first-order chi connectivity index (χ1) is 9.88. The van der Waals surface area contributed by atoms with E-state index in [9.17, 15) is 15.3 Å². The Bertz CT molecular complexity index is 363. The third kappa shape index (κ3) is 3.02. The lowest BCUT2D eigenvalue weighted by atomic mass is 9.46. The molecule has 0 heterocycles. The molecule has 3 nitrogen and oxygen atoms in total. The molecule has 0 radical (unpaired) electrons. The van der Waals surface area contributed by atoms with E-state index >= 15 is 0 Å². The van der Waals surface area contributed by atoms with Gasteiger partial charge in [-0.2, -0.15) is 0 Å². The van der Waals surface area contributed by atoms with E-state index in [1.54, 1.807) is 0 Å². The van der Waals surface area contributed by atoms with Gasteiger partial charge in [0.1, 0.15) is 0 Å². The average Bonchev–Trinajstić information content (AvgIpc) is 2.32. The van der Waals surface area contributed by atoms with Crippen LogP contribution in [0.4, 0.5) is 0 Å². The molecule has 3 heteroatoms. The molecule has 0 aromatic heterocycles. The summed E-state index contributed by atoms with van der Waals surface area (Å²) in [6, 6.07) is 0. The number of aliphatic hydroxyl groups is 3. The summed E-state index contributed by atoms with van der Waals surface area (Å²) in [7, 11) is 0. The number of hydrogen-bond acceptors (Lipinski definition) is 3. The van der Waals surface area contributed by atoms with Gasteiger partial charge in [0, 0.05) is 19.3 Å². The lowest BCUT2D eigenvalue weighted by Crippen LogP contribution is -2.69. The number of unbranched alkanes of at least 4 members (excludes halogenated alkanes) is 5. The SMILES string of the molecule is CCCCCCCCC1C2CC3(O)CC(O)(C2)CC1(O)C3. The van der Waals surface area contributed by atoms with Crippen LogP contribution >= 0.6 is 0 Å². The Kier molecular flexibility index (Phi) is 4.13. The Morgan fingerprint density at radius 1 is 0.810 bits per heavy atom. The molecule has 0 saturated heterocycles. The highest BCUT2D eigenvalue weighted by Crippen LogP contribution is 2.62. The van der Waals surface area contributed by atoms with E-state index in [2.05, 4.69) is 6.92 Å². The summed E-state index contributed by atoms with van der Waals surface area (Å²) in [5.74, 6) is 0.612. The minimum absolute atomic E-state index is 0.296. The zero-order valence-corrected chi connectivity index (χ0v) is 13.5. The minimum atomic E-state index is -0.813. The van der Waals surface area contributed by atoms with Gasteiger partial charge in [0.05, 0.1) is 16.8 Å². The summed E-state index contributed by atoms with van der Waals surface area (Å²) in [5.41, 5.74) is -2.42. The van der Waals surface area contributed by atoms with Crippen LogP contribution in [0, 0.1) is 11.8 Å². The van der Waals surface area contributed by atoms with Gasteiger partial charge in [-0.3, -0.25) is 0 Å². The molecule has 3 N–H and O–H groups in total. The first-order valence-electron chi connectivity index (χ1n) is 9.05. The molecule has 4 aliphatic rings. The fourth-order valence-corrected chi connectivity index (χ4v) is 5.91. The fourth-order valence-electron chi connectivity index (χ4n) is 5.91. The lowest BCUT2D eigenvalue weighted by Gasteiger charge is -2.65. The van der Waals surface area contributed by atoms with Gasteiger partial charge in [0.2, 0.25) is 0 Å². The maximum absolute atomic E-state index is 11.0. The molecule has 4 rings (SSSR count). The molecule has 3 atom stereocenters. The summed E-state index contributed by atoms with van der Waals surface area (Å²) >= 11 is 0. The van der Waals surface area contributed by atoms with Gasteiger partial charge in [-0.25, -0.2) is 0 Å².